The van der Waals surface area contributed by atoms with Crippen molar-refractivity contribution in [2.75, 3.05) is 0 Å². The fourth-order valence-electron chi connectivity index (χ4n) is 2.91. The van der Waals surface area contributed by atoms with Crippen LogP contribution in [0.1, 0.15) is 57.8 Å². The molecule has 2 rings (SSSR count). The van der Waals surface area contributed by atoms with Gasteiger partial charge in [-0.2, -0.15) is 0 Å². The molecule has 172 valence electrons. The van der Waals surface area contributed by atoms with Crippen molar-refractivity contribution in [3.05, 3.63) is 6.42 Å². The third-order valence-corrected chi connectivity index (χ3v) is 5.61. The molecule has 2 fully saturated rings. The van der Waals surface area contributed by atoms with Gasteiger partial charge in [0.1, 0.15) is 21.3 Å². The maximum atomic E-state index is 11.7. The van der Waals surface area contributed by atoms with Gasteiger partial charge in [-0.15, -0.1) is 5.06 Å². The number of amides is 5. The smallest absolute Gasteiger partial charge is 0.747 e. The largest absolute Gasteiger partial charge is 1.00 e. The Kier molecular flexibility index (Phi) is 14.0. The number of hydrazine groups is 1. The molecule has 0 aromatic rings. The molecular formula is C17H21N3Na2O10S. The first-order chi connectivity index (χ1) is 14.5. The topological polar surface area (TPSA) is 187 Å². The summed E-state index contributed by atoms with van der Waals surface area (Å²) < 4.78 is 32.8. The first-order valence-electron chi connectivity index (χ1n) is 9.52. The standard InChI is InChI=1S/C17H22N3O10S.2Na/c21-12(18-19-13(22)8-9-14(19)23)6-4-2-1-3-5-7-16(25)30-20-15(24)10-11(17(20)26)31(27,28)29;;/h8,11H,1-7,9-10H2,(H,18,21)(H,27,28,29);;/q-1;2*+1/p-1. The van der Waals surface area contributed by atoms with Gasteiger partial charge in [-0.25, -0.2) is 18.2 Å². The fraction of sp³-hybridized carbons (Fsp3) is 0.588. The maximum absolute atomic E-state index is 11.7. The molecule has 0 aromatic carbocycles. The monoisotopic (exact) mass is 505 g/mol. The normalized spacial score (nSPS) is 17.9. The van der Waals surface area contributed by atoms with Crippen LogP contribution >= 0.6 is 0 Å². The molecule has 2 aliphatic rings. The van der Waals surface area contributed by atoms with E-state index >= 15 is 0 Å². The molecule has 33 heavy (non-hydrogen) atoms. The second kappa shape index (κ2) is 14.4. The molecular weight excluding hydrogens is 484 g/mol. The molecule has 1 unspecified atom stereocenters. The first-order valence-corrected chi connectivity index (χ1v) is 11.0. The van der Waals surface area contributed by atoms with Crippen molar-refractivity contribution in [1.29, 1.82) is 0 Å². The van der Waals surface area contributed by atoms with Gasteiger partial charge in [-0.3, -0.25) is 31.0 Å². The number of rotatable bonds is 11. The zero-order valence-electron chi connectivity index (χ0n) is 18.4. The van der Waals surface area contributed by atoms with E-state index in [0.717, 1.165) is 0 Å². The van der Waals surface area contributed by atoms with Crippen LogP contribution in [-0.2, 0) is 43.7 Å². The molecule has 5 amide bonds. The van der Waals surface area contributed by atoms with Gasteiger partial charge in [0.05, 0.1) is 6.42 Å². The van der Waals surface area contributed by atoms with E-state index in [-0.39, 0.29) is 83.4 Å². The van der Waals surface area contributed by atoms with E-state index in [1.807, 2.05) is 0 Å². The van der Waals surface area contributed by atoms with Gasteiger partial charge in [0.2, 0.25) is 11.8 Å². The minimum Gasteiger partial charge on any atom is -0.747 e. The number of imide groups is 2. The van der Waals surface area contributed by atoms with Crippen LogP contribution in [0.25, 0.3) is 0 Å². The van der Waals surface area contributed by atoms with Gasteiger partial charge in [-0.05, 0) is 12.8 Å². The average Bonchev–Trinajstić information content (AvgIpc) is 3.14. The van der Waals surface area contributed by atoms with Gasteiger partial charge in [0.15, 0.2) is 0 Å². The molecule has 16 heteroatoms. The summed E-state index contributed by atoms with van der Waals surface area (Å²) in [5.41, 5.74) is 2.24. The van der Waals surface area contributed by atoms with Crippen molar-refractivity contribution in [2.24, 2.45) is 0 Å². The Morgan fingerprint density at radius 2 is 1.58 bits per heavy atom. The van der Waals surface area contributed by atoms with Crippen LogP contribution in [0.2, 0.25) is 0 Å². The molecule has 1 atom stereocenters. The number of nitrogens with one attached hydrogen (secondary N) is 1. The Morgan fingerprint density at radius 3 is 2.09 bits per heavy atom. The summed E-state index contributed by atoms with van der Waals surface area (Å²) in [7, 11) is -5.02. The van der Waals surface area contributed by atoms with Crippen LogP contribution in [-0.4, -0.2) is 63.8 Å². The average molecular weight is 505 g/mol. The van der Waals surface area contributed by atoms with E-state index in [2.05, 4.69) is 10.3 Å². The van der Waals surface area contributed by atoms with E-state index in [1.54, 1.807) is 0 Å². The maximum Gasteiger partial charge on any atom is 1.00 e. The second-order valence-electron chi connectivity index (χ2n) is 6.95. The molecule has 0 radical (unpaired) electrons. The number of hydrogen-bond acceptors (Lipinski definition) is 10. The van der Waals surface area contributed by atoms with E-state index in [9.17, 15) is 41.7 Å². The Bertz CT molecular complexity index is 879. The number of unbranched alkanes of at least 4 members (excludes halogenated alkanes) is 4. The molecule has 13 nitrogen and oxygen atoms in total. The number of nitrogens with zero attached hydrogens (tertiary/aromatic N) is 2. The SMILES string of the molecule is O=C(CCCCCCCC(=O)ON1C(=O)CC(S(=O)(=O)[O-])C1=O)NN1C(=O)[CH-]CC1=O.[Na+].[Na+]. The summed E-state index contributed by atoms with van der Waals surface area (Å²) in [6.07, 6.45) is 2.99. The first kappa shape index (κ1) is 32.0. The van der Waals surface area contributed by atoms with Crippen LogP contribution in [0.5, 0.6) is 0 Å². The Balaban J connectivity index is 0.00000512. The number of carbonyl (C=O) groups is 6. The van der Waals surface area contributed by atoms with Crippen molar-refractivity contribution in [1.82, 2.24) is 15.5 Å². The van der Waals surface area contributed by atoms with E-state index in [0.29, 0.717) is 37.1 Å². The Hall–Kier alpha value is -1.00. The van der Waals surface area contributed by atoms with Gasteiger partial charge < -0.3 is 14.2 Å². The van der Waals surface area contributed by atoms with Crippen LogP contribution in [0.15, 0.2) is 0 Å². The summed E-state index contributed by atoms with van der Waals surface area (Å²) >= 11 is 0. The fourth-order valence-corrected chi connectivity index (χ4v) is 3.60. The molecule has 1 N–H and O–H groups in total. The summed E-state index contributed by atoms with van der Waals surface area (Å²) in [6, 6.07) is 0. The molecule has 2 heterocycles. The molecule has 0 aliphatic carbocycles. The molecule has 0 spiro atoms. The molecule has 2 saturated heterocycles. The van der Waals surface area contributed by atoms with Crippen LogP contribution in [0.3, 0.4) is 0 Å². The van der Waals surface area contributed by atoms with Crippen LogP contribution in [0, 0.1) is 6.42 Å². The van der Waals surface area contributed by atoms with Crippen molar-refractivity contribution >= 4 is 45.6 Å². The van der Waals surface area contributed by atoms with E-state index in [4.69, 9.17) is 0 Å². The van der Waals surface area contributed by atoms with Crippen LogP contribution < -0.4 is 64.5 Å². The van der Waals surface area contributed by atoms with Crippen molar-refractivity contribution in [2.45, 2.75) is 63.0 Å². The van der Waals surface area contributed by atoms with Crippen molar-refractivity contribution < 1.29 is 106 Å². The third kappa shape index (κ3) is 9.64. The third-order valence-electron chi connectivity index (χ3n) is 4.55. The Labute approximate surface area is 234 Å². The summed E-state index contributed by atoms with van der Waals surface area (Å²) in [6.45, 7) is 0. The molecule has 2 aliphatic heterocycles. The summed E-state index contributed by atoms with van der Waals surface area (Å²) in [5, 5.41) is -1.38. The number of hydroxylamine groups is 2. The predicted octanol–water partition coefficient (Wildman–Crippen LogP) is -7.15. The number of hydrogen-bond donors (Lipinski definition) is 1. The quantitative estimate of drug-likeness (QED) is 0.0929. The summed E-state index contributed by atoms with van der Waals surface area (Å²) in [5.74, 6) is -4.88. The number of carbonyl (C=O) groups excluding carboxylic acids is 6. The zero-order chi connectivity index (χ0) is 23.2. The van der Waals surface area contributed by atoms with Crippen molar-refractivity contribution in [3.8, 4) is 0 Å². The molecule has 0 saturated carbocycles. The minimum atomic E-state index is -5.02. The Morgan fingerprint density at radius 1 is 1.00 bits per heavy atom. The van der Waals surface area contributed by atoms with Gasteiger partial charge in [0, 0.05) is 12.8 Å². The second-order valence-corrected chi connectivity index (χ2v) is 8.51. The van der Waals surface area contributed by atoms with Gasteiger partial charge in [0.25, 0.3) is 11.8 Å². The van der Waals surface area contributed by atoms with Gasteiger partial charge in [-0.1, -0.05) is 25.7 Å². The van der Waals surface area contributed by atoms with Gasteiger partial charge >= 0.3 is 65.1 Å². The predicted molar refractivity (Wildman–Crippen MR) is 97.3 cm³/mol. The molecule has 0 bridgehead atoms. The van der Waals surface area contributed by atoms with E-state index in [1.165, 1.54) is 6.42 Å². The van der Waals surface area contributed by atoms with Crippen molar-refractivity contribution in [3.63, 3.8) is 0 Å². The van der Waals surface area contributed by atoms with Crippen LogP contribution in [0.4, 0.5) is 0 Å². The zero-order valence-corrected chi connectivity index (χ0v) is 23.2. The summed E-state index contributed by atoms with van der Waals surface area (Å²) in [4.78, 5) is 74.0. The molecule has 0 aromatic heterocycles. The minimum absolute atomic E-state index is 0. The van der Waals surface area contributed by atoms with E-state index < -0.39 is 57.3 Å².